The smallest absolute Gasteiger partial charge is 0.143 e. The number of furan rings is 2. The number of benzene rings is 8. The summed E-state index contributed by atoms with van der Waals surface area (Å²) in [6, 6.07) is 55.9. The summed E-state index contributed by atoms with van der Waals surface area (Å²) in [6.07, 6.45) is 3.75. The van der Waals surface area contributed by atoms with E-state index in [-0.39, 0.29) is 0 Å². The number of hydrogen-bond donors (Lipinski definition) is 0. The van der Waals surface area contributed by atoms with Crippen LogP contribution >= 0.6 is 0 Å². The first-order chi connectivity index (χ1) is 25.2. The van der Waals surface area contributed by atoms with Gasteiger partial charge >= 0.3 is 0 Å². The van der Waals surface area contributed by atoms with E-state index in [1.54, 1.807) is 0 Å². The molecule has 4 heteroatoms. The molecule has 3 heterocycles. The summed E-state index contributed by atoms with van der Waals surface area (Å²) in [4.78, 5) is 6.56. The minimum Gasteiger partial charge on any atom is -0.455 e. The zero-order chi connectivity index (χ0) is 33.5. The molecule has 11 aromatic rings. The molecular formula is C47H28N2O2. The molecular weight excluding hydrogens is 625 g/mol. The predicted octanol–water partition coefficient (Wildman–Crippen LogP) is 13.5. The minimum atomic E-state index is 0.849. The molecule has 0 bridgehead atoms. The lowest BCUT2D eigenvalue weighted by atomic mass is 10.0. The molecule has 3 aromatic heterocycles. The summed E-state index contributed by atoms with van der Waals surface area (Å²) >= 11 is 0. The highest BCUT2D eigenvalue weighted by Crippen LogP contribution is 2.43. The fourth-order valence-corrected chi connectivity index (χ4v) is 7.78. The number of aromatic nitrogens is 1. The second-order valence-corrected chi connectivity index (χ2v) is 13.2. The van der Waals surface area contributed by atoms with Gasteiger partial charge in [-0.25, -0.2) is 0 Å². The normalized spacial score (nSPS) is 11.9. The van der Waals surface area contributed by atoms with Crippen molar-refractivity contribution in [1.82, 2.24) is 4.98 Å². The summed E-state index contributed by atoms with van der Waals surface area (Å²) in [5.41, 5.74) is 8.87. The van der Waals surface area contributed by atoms with Crippen LogP contribution in [0, 0.1) is 0 Å². The Bertz CT molecular complexity index is 3000. The maximum atomic E-state index is 6.64. The summed E-state index contributed by atoms with van der Waals surface area (Å²) in [6.45, 7) is 0. The molecule has 8 aromatic carbocycles. The maximum Gasteiger partial charge on any atom is 0.143 e. The van der Waals surface area contributed by atoms with Crippen LogP contribution in [-0.2, 0) is 0 Å². The Morgan fingerprint density at radius 2 is 0.902 bits per heavy atom. The number of anilines is 3. The predicted molar refractivity (Wildman–Crippen MR) is 211 cm³/mol. The van der Waals surface area contributed by atoms with Crippen molar-refractivity contribution in [2.45, 2.75) is 0 Å². The van der Waals surface area contributed by atoms with Gasteiger partial charge in [-0.3, -0.25) is 4.98 Å². The summed E-state index contributed by atoms with van der Waals surface area (Å²) in [7, 11) is 0. The SMILES string of the molecule is c1ccc2c(c1)ccc1c3ccc(N(c4ccc(-c5ccc6cnccc6c5)cc4)c4ccc5c(c4)oc4c6ccccc6ccc54)cc3oc21. The van der Waals surface area contributed by atoms with Gasteiger partial charge in [-0.1, -0.05) is 84.9 Å². The summed E-state index contributed by atoms with van der Waals surface area (Å²) in [5, 5.41) is 11.3. The zero-order valence-electron chi connectivity index (χ0n) is 27.4. The molecule has 0 aliphatic heterocycles. The van der Waals surface area contributed by atoms with E-state index in [9.17, 15) is 0 Å². The Kier molecular flexibility index (Phi) is 5.92. The third kappa shape index (κ3) is 4.37. The average molecular weight is 653 g/mol. The lowest BCUT2D eigenvalue weighted by Crippen LogP contribution is -2.09. The third-order valence-electron chi connectivity index (χ3n) is 10.3. The third-order valence-corrected chi connectivity index (χ3v) is 10.3. The Hall–Kier alpha value is -6.91. The monoisotopic (exact) mass is 652 g/mol. The van der Waals surface area contributed by atoms with E-state index in [1.165, 1.54) is 21.7 Å². The Morgan fingerprint density at radius 3 is 1.53 bits per heavy atom. The van der Waals surface area contributed by atoms with Gasteiger partial charge in [0.25, 0.3) is 0 Å². The topological polar surface area (TPSA) is 42.4 Å². The minimum absolute atomic E-state index is 0.849. The van der Waals surface area contributed by atoms with E-state index in [0.29, 0.717) is 0 Å². The first kappa shape index (κ1) is 28.0. The van der Waals surface area contributed by atoms with Crippen molar-refractivity contribution in [3.8, 4) is 11.1 Å². The summed E-state index contributed by atoms with van der Waals surface area (Å²) in [5.74, 6) is 0. The molecule has 0 saturated carbocycles. The fourth-order valence-electron chi connectivity index (χ4n) is 7.78. The van der Waals surface area contributed by atoms with Crippen LogP contribution in [0.15, 0.2) is 179 Å². The average Bonchev–Trinajstić information content (AvgIpc) is 3.76. The number of rotatable bonds is 4. The maximum absolute atomic E-state index is 6.64. The van der Waals surface area contributed by atoms with Crippen LogP contribution in [0.4, 0.5) is 17.1 Å². The molecule has 0 amide bonds. The molecule has 0 aliphatic carbocycles. The summed E-state index contributed by atoms with van der Waals surface area (Å²) < 4.78 is 13.3. The Labute approximate surface area is 292 Å². The number of pyridine rings is 1. The van der Waals surface area contributed by atoms with Gasteiger partial charge in [0.05, 0.1) is 0 Å². The first-order valence-corrected chi connectivity index (χ1v) is 17.2. The van der Waals surface area contributed by atoms with Crippen LogP contribution in [0.1, 0.15) is 0 Å². The van der Waals surface area contributed by atoms with E-state index in [0.717, 1.165) is 82.7 Å². The molecule has 4 nitrogen and oxygen atoms in total. The zero-order valence-corrected chi connectivity index (χ0v) is 27.4. The molecule has 11 rings (SSSR count). The quantitative estimate of drug-likeness (QED) is 0.190. The van der Waals surface area contributed by atoms with Gasteiger partial charge in [0, 0.05) is 79.3 Å². The standard InChI is InChI=1S/C47H28N2O2/c1-3-7-38-30(5-1)13-19-42-40-21-17-36(26-44(40)50-46(38)42)49(35-15-11-29(12-16-35)32-9-10-34-28-48-24-23-33(34)25-32)37-18-22-41-43-20-14-31-6-2-4-8-39(31)47(43)51-45(41)27-37/h1-28H. The van der Waals surface area contributed by atoms with Gasteiger partial charge in [0.2, 0.25) is 0 Å². The molecule has 0 atom stereocenters. The molecule has 0 aliphatic rings. The van der Waals surface area contributed by atoms with Crippen molar-refractivity contribution in [2.75, 3.05) is 4.90 Å². The molecule has 51 heavy (non-hydrogen) atoms. The van der Waals surface area contributed by atoms with Crippen molar-refractivity contribution < 1.29 is 8.83 Å². The molecule has 0 N–H and O–H groups in total. The number of hydrogen-bond acceptors (Lipinski definition) is 4. The molecule has 0 saturated heterocycles. The highest BCUT2D eigenvalue weighted by atomic mass is 16.3. The molecule has 0 spiro atoms. The van der Waals surface area contributed by atoms with Gasteiger partial charge < -0.3 is 13.7 Å². The van der Waals surface area contributed by atoms with Crippen LogP contribution in [-0.4, -0.2) is 4.98 Å². The van der Waals surface area contributed by atoms with Gasteiger partial charge in [0.1, 0.15) is 22.3 Å². The van der Waals surface area contributed by atoms with Crippen LogP contribution in [0.25, 0.3) is 87.3 Å². The van der Waals surface area contributed by atoms with E-state index in [2.05, 4.69) is 168 Å². The molecule has 238 valence electrons. The fraction of sp³-hybridized carbons (Fsp3) is 0. The lowest BCUT2D eigenvalue weighted by molar-refractivity contribution is 0.672. The van der Waals surface area contributed by atoms with E-state index in [4.69, 9.17) is 8.83 Å². The van der Waals surface area contributed by atoms with Crippen molar-refractivity contribution in [3.63, 3.8) is 0 Å². The lowest BCUT2D eigenvalue weighted by Gasteiger charge is -2.25. The first-order valence-electron chi connectivity index (χ1n) is 17.2. The highest BCUT2D eigenvalue weighted by molar-refractivity contribution is 6.17. The number of nitrogens with zero attached hydrogens (tertiary/aromatic N) is 2. The van der Waals surface area contributed by atoms with Gasteiger partial charge in [0.15, 0.2) is 0 Å². The van der Waals surface area contributed by atoms with Gasteiger partial charge in [-0.2, -0.15) is 0 Å². The van der Waals surface area contributed by atoms with Crippen molar-refractivity contribution in [1.29, 1.82) is 0 Å². The highest BCUT2D eigenvalue weighted by Gasteiger charge is 2.19. The molecule has 0 unspecified atom stereocenters. The van der Waals surface area contributed by atoms with Gasteiger partial charge in [-0.15, -0.1) is 0 Å². The Balaban J connectivity index is 1.09. The second kappa shape index (κ2) is 10.8. The largest absolute Gasteiger partial charge is 0.455 e. The number of fused-ring (bicyclic) bond motifs is 11. The van der Waals surface area contributed by atoms with E-state index in [1.807, 2.05) is 12.4 Å². The molecule has 0 fully saturated rings. The van der Waals surface area contributed by atoms with Crippen LogP contribution in [0.3, 0.4) is 0 Å². The van der Waals surface area contributed by atoms with Crippen molar-refractivity contribution >= 4 is 93.3 Å². The van der Waals surface area contributed by atoms with Gasteiger partial charge in [-0.05, 0) is 87.9 Å². The van der Waals surface area contributed by atoms with Crippen molar-refractivity contribution in [2.24, 2.45) is 0 Å². The van der Waals surface area contributed by atoms with Crippen LogP contribution in [0.5, 0.6) is 0 Å². The van der Waals surface area contributed by atoms with E-state index < -0.39 is 0 Å². The second-order valence-electron chi connectivity index (χ2n) is 13.2. The molecule has 0 radical (unpaired) electrons. The van der Waals surface area contributed by atoms with Crippen LogP contribution in [0.2, 0.25) is 0 Å². The Morgan fingerprint density at radius 1 is 0.373 bits per heavy atom. The van der Waals surface area contributed by atoms with Crippen molar-refractivity contribution in [3.05, 3.63) is 170 Å². The van der Waals surface area contributed by atoms with Crippen LogP contribution < -0.4 is 4.90 Å². The van der Waals surface area contributed by atoms with E-state index >= 15 is 0 Å².